The van der Waals surface area contributed by atoms with Gasteiger partial charge in [-0.1, -0.05) is 6.42 Å². The fourth-order valence-electron chi connectivity index (χ4n) is 4.54. The molecule has 192 valence electrons. The molecule has 1 unspecified atom stereocenters. The minimum atomic E-state index is -0.502. The zero-order valence-electron chi connectivity index (χ0n) is 20.2. The average molecular weight is 521 g/mol. The predicted molar refractivity (Wildman–Crippen MR) is 139 cm³/mol. The first kappa shape index (κ1) is 23.6. The topological polar surface area (TPSA) is 153 Å². The molecule has 37 heavy (non-hydrogen) atoms. The first-order chi connectivity index (χ1) is 18.0. The zero-order valence-corrected chi connectivity index (χ0v) is 21.0. The Labute approximate surface area is 215 Å². The van der Waals surface area contributed by atoms with Gasteiger partial charge in [0.05, 0.1) is 27.7 Å². The molecule has 1 amide bonds. The molecule has 2 aliphatic rings. The van der Waals surface area contributed by atoms with Crippen LogP contribution in [0.25, 0.3) is 22.3 Å². The smallest absolute Gasteiger partial charge is 0.326 e. The second kappa shape index (κ2) is 9.94. The van der Waals surface area contributed by atoms with Crippen molar-refractivity contribution in [3.63, 3.8) is 0 Å². The number of aromatic nitrogens is 5. The summed E-state index contributed by atoms with van der Waals surface area (Å²) in [6.07, 6.45) is 9.87. The molecule has 0 aromatic carbocycles. The molecule has 1 atom stereocenters. The summed E-state index contributed by atoms with van der Waals surface area (Å²) >= 11 is 1.39. The van der Waals surface area contributed by atoms with Crippen molar-refractivity contribution in [2.75, 3.05) is 13.1 Å². The van der Waals surface area contributed by atoms with Gasteiger partial charge in [0.15, 0.2) is 11.1 Å². The third-order valence-corrected chi connectivity index (χ3v) is 7.76. The average Bonchev–Trinajstić information content (AvgIpc) is 3.26. The number of carbonyl (C=O) groups is 1. The van der Waals surface area contributed by atoms with Crippen LogP contribution in [0.5, 0.6) is 5.88 Å². The van der Waals surface area contributed by atoms with Gasteiger partial charge >= 0.3 is 5.69 Å². The van der Waals surface area contributed by atoms with Crippen LogP contribution in [-0.4, -0.2) is 60.8 Å². The Balaban J connectivity index is 1.30. The van der Waals surface area contributed by atoms with Gasteiger partial charge in [0, 0.05) is 23.9 Å². The van der Waals surface area contributed by atoms with Gasteiger partial charge in [0.1, 0.15) is 5.69 Å². The van der Waals surface area contributed by atoms with E-state index in [1.165, 1.54) is 24.2 Å². The monoisotopic (exact) mass is 520 g/mol. The van der Waals surface area contributed by atoms with Crippen LogP contribution in [-0.2, 0) is 0 Å². The Morgan fingerprint density at radius 1 is 1.27 bits per heavy atom. The van der Waals surface area contributed by atoms with Crippen molar-refractivity contribution in [2.45, 2.75) is 50.6 Å². The Morgan fingerprint density at radius 3 is 2.92 bits per heavy atom. The molecule has 0 spiro atoms. The minimum absolute atomic E-state index is 0.0821. The fraction of sp³-hybridized carbons (Fsp3) is 0.400. The van der Waals surface area contributed by atoms with Crippen molar-refractivity contribution in [2.24, 2.45) is 4.99 Å². The van der Waals surface area contributed by atoms with E-state index in [4.69, 9.17) is 9.98 Å². The lowest BCUT2D eigenvalue weighted by molar-refractivity contribution is 0.0955. The third kappa shape index (κ3) is 5.20. The van der Waals surface area contributed by atoms with Gasteiger partial charge in [0.25, 0.3) is 5.91 Å². The summed E-state index contributed by atoms with van der Waals surface area (Å²) in [5, 5.41) is 21.6. The maximum absolute atomic E-state index is 12.8. The number of hydrogen-bond donors (Lipinski definition) is 5. The standard InChI is InChI=1S/C25H28N8O3S/c34-23-18(31-25(36)32-23)11-14-13-28-33-21(29-16-4-5-16)12-17(30-22(14)33)19-6-7-20(37-19)24(35)27-10-8-15-3-1-2-9-26-15/h6-7,11-13,15-16,26,34H,1-5,8-10H2,(H,27,35)(H2,31,32,36). The molecule has 12 heteroatoms. The highest BCUT2D eigenvalue weighted by molar-refractivity contribution is 7.17. The lowest BCUT2D eigenvalue weighted by Gasteiger charge is -2.23. The minimum Gasteiger partial charge on any atom is -0.493 e. The maximum atomic E-state index is 12.8. The summed E-state index contributed by atoms with van der Waals surface area (Å²) in [6, 6.07) is 6.36. The van der Waals surface area contributed by atoms with Crippen LogP contribution in [0.1, 0.15) is 53.9 Å². The van der Waals surface area contributed by atoms with Crippen LogP contribution < -0.4 is 27.0 Å². The van der Waals surface area contributed by atoms with Gasteiger partial charge in [0.2, 0.25) is 5.88 Å². The van der Waals surface area contributed by atoms with E-state index in [0.29, 0.717) is 39.5 Å². The molecule has 5 heterocycles. The van der Waals surface area contributed by atoms with Gasteiger partial charge in [-0.3, -0.25) is 14.8 Å². The summed E-state index contributed by atoms with van der Waals surface area (Å²) in [5.74, 6) is -0.335. The molecule has 11 nitrogen and oxygen atoms in total. The molecule has 5 N–H and O–H groups in total. The highest BCUT2D eigenvalue weighted by Gasteiger charge is 2.21. The van der Waals surface area contributed by atoms with Crippen LogP contribution in [0.2, 0.25) is 0 Å². The van der Waals surface area contributed by atoms with Crippen LogP contribution in [0.3, 0.4) is 0 Å². The summed E-state index contributed by atoms with van der Waals surface area (Å²) in [5.41, 5.74) is 1.64. The molecule has 4 aromatic rings. The van der Waals surface area contributed by atoms with E-state index in [2.05, 4.69) is 25.7 Å². The van der Waals surface area contributed by atoms with Crippen molar-refractivity contribution < 1.29 is 9.90 Å². The van der Waals surface area contributed by atoms with Crippen LogP contribution in [0, 0.1) is 0 Å². The first-order valence-corrected chi connectivity index (χ1v) is 13.4. The zero-order chi connectivity index (χ0) is 25.4. The van der Waals surface area contributed by atoms with Gasteiger partial charge in [-0.25, -0.2) is 9.78 Å². The third-order valence-electron chi connectivity index (χ3n) is 6.65. The van der Waals surface area contributed by atoms with E-state index in [1.807, 2.05) is 18.2 Å². The molecule has 1 saturated carbocycles. The quantitative estimate of drug-likeness (QED) is 0.246. The number of carbonyl (C=O) groups excluding carboxylic acids is 1. The van der Waals surface area contributed by atoms with E-state index >= 15 is 0 Å². The summed E-state index contributed by atoms with van der Waals surface area (Å²) in [6.45, 7) is 1.70. The van der Waals surface area contributed by atoms with Gasteiger partial charge in [-0.05, 0) is 56.9 Å². The van der Waals surface area contributed by atoms with Crippen molar-refractivity contribution in [1.82, 2.24) is 35.2 Å². The van der Waals surface area contributed by atoms with Crippen molar-refractivity contribution in [1.29, 1.82) is 0 Å². The van der Waals surface area contributed by atoms with E-state index in [0.717, 1.165) is 37.1 Å². The molecule has 6 rings (SSSR count). The molecule has 1 aliphatic heterocycles. The second-order valence-electron chi connectivity index (χ2n) is 9.54. The number of imidazole rings is 1. The number of rotatable bonds is 7. The highest BCUT2D eigenvalue weighted by Crippen LogP contribution is 2.27. The molecule has 2 fully saturated rings. The number of fused-ring (bicyclic) bond motifs is 1. The molecular weight excluding hydrogens is 492 g/mol. The fourth-order valence-corrected chi connectivity index (χ4v) is 5.42. The summed E-state index contributed by atoms with van der Waals surface area (Å²) < 4.78 is 1.66. The Kier molecular flexibility index (Phi) is 6.35. The first-order valence-electron chi connectivity index (χ1n) is 12.6. The number of amides is 1. The maximum Gasteiger partial charge on any atom is 0.326 e. The lowest BCUT2D eigenvalue weighted by Crippen LogP contribution is -2.37. The van der Waals surface area contributed by atoms with Gasteiger partial charge in [-0.15, -0.1) is 11.3 Å². The summed E-state index contributed by atoms with van der Waals surface area (Å²) in [4.78, 5) is 40.3. The predicted octanol–water partition coefficient (Wildman–Crippen LogP) is 1.05. The normalized spacial score (nSPS) is 19.1. The van der Waals surface area contributed by atoms with E-state index in [9.17, 15) is 14.7 Å². The molecule has 1 saturated heterocycles. The number of hydrogen-bond acceptors (Lipinski definition) is 8. The van der Waals surface area contributed by atoms with E-state index < -0.39 is 5.69 Å². The van der Waals surface area contributed by atoms with E-state index in [1.54, 1.807) is 16.8 Å². The van der Waals surface area contributed by atoms with Crippen molar-refractivity contribution >= 4 is 29.0 Å². The Bertz CT molecular complexity index is 1620. The van der Waals surface area contributed by atoms with Crippen molar-refractivity contribution in [3.8, 4) is 16.5 Å². The molecule has 4 aromatic heterocycles. The van der Waals surface area contributed by atoms with Gasteiger partial charge in [-0.2, -0.15) is 9.61 Å². The molecule has 0 radical (unpaired) electrons. The summed E-state index contributed by atoms with van der Waals surface area (Å²) in [7, 11) is 0. The molecule has 0 bridgehead atoms. The largest absolute Gasteiger partial charge is 0.493 e. The van der Waals surface area contributed by atoms with Crippen molar-refractivity contribution in [3.05, 3.63) is 56.2 Å². The van der Waals surface area contributed by atoms with Crippen LogP contribution >= 0.6 is 11.3 Å². The Hall–Kier alpha value is -3.77. The second-order valence-corrected chi connectivity index (χ2v) is 10.6. The highest BCUT2D eigenvalue weighted by atomic mass is 32.1. The number of nitrogens with one attached hydrogen (secondary N) is 4. The number of aromatic amines is 2. The molecule has 1 aliphatic carbocycles. The number of piperidine rings is 1. The van der Waals surface area contributed by atoms with Crippen LogP contribution in [0.15, 0.2) is 34.2 Å². The lowest BCUT2D eigenvalue weighted by atomic mass is 10.0. The van der Waals surface area contributed by atoms with Gasteiger partial charge < -0.3 is 20.7 Å². The number of nitrogens with zero attached hydrogens (tertiary/aromatic N) is 4. The number of thiophene rings is 1. The Morgan fingerprint density at radius 2 is 2.16 bits per heavy atom. The van der Waals surface area contributed by atoms with Crippen LogP contribution in [0.4, 0.5) is 0 Å². The van der Waals surface area contributed by atoms with E-state index in [-0.39, 0.29) is 23.5 Å². The molecular formula is C25H28N8O3S. The number of aromatic hydroxyl groups is 1. The SMILES string of the molecule is O=C(NCCC1CCCCN1)c1ccc(-c2cc(=NC3CC3)n3ncc(=Cc4[nH]c(=O)[nH]c4O)c3n2)s1. The number of H-pyrrole nitrogens is 2.